The number of halogens is 1. The van der Waals surface area contributed by atoms with Crippen molar-refractivity contribution in [3.8, 4) is 0 Å². The molecule has 0 aliphatic rings. The maximum atomic E-state index is 11.2. The molecule has 0 amide bonds. The monoisotopic (exact) mass is 244 g/mol. The van der Waals surface area contributed by atoms with Crippen molar-refractivity contribution in [2.24, 2.45) is 0 Å². The van der Waals surface area contributed by atoms with Crippen molar-refractivity contribution in [3.05, 3.63) is 23.3 Å². The number of rotatable bonds is 1. The summed E-state index contributed by atoms with van der Waals surface area (Å²) in [6, 6.07) is 3.36. The average Bonchev–Trinajstić information content (AvgIpc) is 2.12. The van der Waals surface area contributed by atoms with E-state index in [0.717, 1.165) is 5.56 Å². The van der Waals surface area contributed by atoms with E-state index >= 15 is 0 Å². The summed E-state index contributed by atoms with van der Waals surface area (Å²) in [4.78, 5) is 11.2. The van der Waals surface area contributed by atoms with Crippen LogP contribution < -0.4 is 11.5 Å². The van der Waals surface area contributed by atoms with E-state index in [1.54, 1.807) is 19.1 Å². The quantitative estimate of drug-likeness (QED) is 0.737. The van der Waals surface area contributed by atoms with Gasteiger partial charge in [-0.05, 0) is 18.6 Å². The molecule has 0 saturated carbocycles. The zero-order chi connectivity index (χ0) is 10.0. The predicted octanol–water partition coefficient (Wildman–Crippen LogP) is 1.63. The van der Waals surface area contributed by atoms with Gasteiger partial charge in [0.1, 0.15) is 5.56 Å². The van der Waals surface area contributed by atoms with Crippen LogP contribution in [0.3, 0.4) is 0 Å². The van der Waals surface area contributed by atoms with Gasteiger partial charge >= 0.3 is 5.97 Å². The van der Waals surface area contributed by atoms with E-state index in [4.69, 9.17) is 11.5 Å². The van der Waals surface area contributed by atoms with Gasteiger partial charge in [-0.2, -0.15) is 0 Å². The van der Waals surface area contributed by atoms with Crippen molar-refractivity contribution in [2.45, 2.75) is 6.92 Å². The highest BCUT2D eigenvalue weighted by atomic mass is 79.9. The van der Waals surface area contributed by atoms with Gasteiger partial charge in [-0.15, -0.1) is 0 Å². The van der Waals surface area contributed by atoms with Crippen molar-refractivity contribution >= 4 is 33.6 Å². The van der Waals surface area contributed by atoms with Crippen LogP contribution >= 0.6 is 16.3 Å². The Morgan fingerprint density at radius 3 is 2.62 bits per heavy atom. The van der Waals surface area contributed by atoms with Gasteiger partial charge in [0.05, 0.1) is 5.69 Å². The molecule has 0 heterocycles. The standard InChI is InChI=1S/C8H9BrN2O2/c1-4-2-3-5(10)6(7(4)11)8(12)13-9/h2-3H,10-11H2,1H3. The molecule has 0 atom stereocenters. The van der Waals surface area contributed by atoms with Crippen molar-refractivity contribution in [1.82, 2.24) is 0 Å². The van der Waals surface area contributed by atoms with Gasteiger partial charge in [0.15, 0.2) is 16.3 Å². The normalized spacial score (nSPS) is 9.69. The lowest BCUT2D eigenvalue weighted by Gasteiger charge is -2.07. The molecule has 1 aromatic rings. The lowest BCUT2D eigenvalue weighted by molar-refractivity contribution is 0.0784. The summed E-state index contributed by atoms with van der Waals surface area (Å²) in [6.07, 6.45) is 0. The molecule has 0 unspecified atom stereocenters. The minimum atomic E-state index is -0.585. The first kappa shape index (κ1) is 9.85. The minimum absolute atomic E-state index is 0.205. The molecule has 0 saturated heterocycles. The summed E-state index contributed by atoms with van der Waals surface area (Å²) in [5.74, 6) is -0.585. The van der Waals surface area contributed by atoms with Crippen LogP contribution in [0.15, 0.2) is 12.1 Å². The van der Waals surface area contributed by atoms with Crippen molar-refractivity contribution in [3.63, 3.8) is 0 Å². The molecule has 0 aromatic heterocycles. The molecule has 13 heavy (non-hydrogen) atoms. The van der Waals surface area contributed by atoms with Crippen LogP contribution in [-0.2, 0) is 3.83 Å². The van der Waals surface area contributed by atoms with Crippen LogP contribution in [-0.4, -0.2) is 5.97 Å². The third-order valence-corrected chi connectivity index (χ3v) is 2.06. The van der Waals surface area contributed by atoms with Gasteiger partial charge in [0.2, 0.25) is 0 Å². The second-order valence-corrected chi connectivity index (χ2v) is 2.95. The summed E-state index contributed by atoms with van der Waals surface area (Å²) in [5, 5.41) is 0. The van der Waals surface area contributed by atoms with Gasteiger partial charge in [0, 0.05) is 5.69 Å². The van der Waals surface area contributed by atoms with Crippen molar-refractivity contribution in [1.29, 1.82) is 0 Å². The first-order valence-corrected chi connectivity index (χ1v) is 4.20. The topological polar surface area (TPSA) is 78.3 Å². The third-order valence-electron chi connectivity index (χ3n) is 1.77. The van der Waals surface area contributed by atoms with E-state index in [2.05, 4.69) is 20.1 Å². The molecule has 1 aromatic carbocycles. The number of hydrogen-bond donors (Lipinski definition) is 2. The molecule has 0 spiro atoms. The van der Waals surface area contributed by atoms with Gasteiger partial charge in [0.25, 0.3) is 0 Å². The molecule has 5 heteroatoms. The minimum Gasteiger partial charge on any atom is -0.398 e. The van der Waals surface area contributed by atoms with Gasteiger partial charge < -0.3 is 15.3 Å². The summed E-state index contributed by atoms with van der Waals surface area (Å²) in [5.41, 5.74) is 12.9. The van der Waals surface area contributed by atoms with Crippen LogP contribution in [0.2, 0.25) is 0 Å². The Morgan fingerprint density at radius 2 is 2.08 bits per heavy atom. The van der Waals surface area contributed by atoms with E-state index < -0.39 is 5.97 Å². The Morgan fingerprint density at radius 1 is 1.46 bits per heavy atom. The van der Waals surface area contributed by atoms with Crippen LogP contribution in [0.5, 0.6) is 0 Å². The van der Waals surface area contributed by atoms with Crippen LogP contribution in [0, 0.1) is 6.92 Å². The molecule has 4 N–H and O–H groups in total. The maximum Gasteiger partial charge on any atom is 0.353 e. The molecule has 0 radical (unpaired) electrons. The average molecular weight is 245 g/mol. The number of aryl methyl sites for hydroxylation is 1. The lowest BCUT2D eigenvalue weighted by Crippen LogP contribution is -2.08. The first-order valence-electron chi connectivity index (χ1n) is 3.55. The van der Waals surface area contributed by atoms with E-state index in [9.17, 15) is 4.79 Å². The zero-order valence-electron chi connectivity index (χ0n) is 7.00. The smallest absolute Gasteiger partial charge is 0.353 e. The Kier molecular flexibility index (Phi) is 2.77. The zero-order valence-corrected chi connectivity index (χ0v) is 8.59. The fourth-order valence-corrected chi connectivity index (χ4v) is 1.17. The van der Waals surface area contributed by atoms with Gasteiger partial charge in [-0.1, -0.05) is 6.07 Å². The molecule has 0 fully saturated rings. The lowest BCUT2D eigenvalue weighted by atomic mass is 10.1. The molecular formula is C8H9BrN2O2. The van der Waals surface area contributed by atoms with Crippen molar-refractivity contribution < 1.29 is 8.62 Å². The van der Waals surface area contributed by atoms with Gasteiger partial charge in [-0.3, -0.25) is 0 Å². The second kappa shape index (κ2) is 3.66. The van der Waals surface area contributed by atoms with Gasteiger partial charge in [-0.25, -0.2) is 4.79 Å². The highest BCUT2D eigenvalue weighted by molar-refractivity contribution is 9.06. The van der Waals surface area contributed by atoms with Crippen LogP contribution in [0.25, 0.3) is 0 Å². The summed E-state index contributed by atoms with van der Waals surface area (Å²) >= 11 is 2.58. The number of hydrogen-bond acceptors (Lipinski definition) is 4. The maximum absolute atomic E-state index is 11.2. The first-order chi connectivity index (χ1) is 6.07. The highest BCUT2D eigenvalue weighted by Gasteiger charge is 2.15. The number of nitrogens with two attached hydrogens (primary N) is 2. The number of nitrogen functional groups attached to an aromatic ring is 2. The molecule has 1 rings (SSSR count). The van der Waals surface area contributed by atoms with Crippen molar-refractivity contribution in [2.75, 3.05) is 11.5 Å². The third kappa shape index (κ3) is 1.75. The molecule has 0 aliphatic carbocycles. The van der Waals surface area contributed by atoms with E-state index in [-0.39, 0.29) is 5.56 Å². The Hall–Kier alpha value is -1.23. The Bertz CT molecular complexity index is 352. The molecule has 0 aliphatic heterocycles. The second-order valence-electron chi connectivity index (χ2n) is 2.62. The molecule has 70 valence electrons. The van der Waals surface area contributed by atoms with E-state index in [1.807, 2.05) is 0 Å². The molecule has 0 bridgehead atoms. The number of anilines is 2. The fraction of sp³-hybridized carbons (Fsp3) is 0.125. The predicted molar refractivity (Wildman–Crippen MR) is 54.3 cm³/mol. The number of carbonyl (C=O) groups excluding carboxylic acids is 1. The summed E-state index contributed by atoms with van der Waals surface area (Å²) < 4.78 is 4.37. The van der Waals surface area contributed by atoms with Crippen LogP contribution in [0.1, 0.15) is 15.9 Å². The SMILES string of the molecule is Cc1ccc(N)c(C(=O)OBr)c1N. The van der Waals surface area contributed by atoms with E-state index in [1.165, 1.54) is 0 Å². The summed E-state index contributed by atoms with van der Waals surface area (Å²) in [7, 11) is 0. The Balaban J connectivity index is 3.33. The fourth-order valence-electron chi connectivity index (χ4n) is 1.01. The molecular weight excluding hydrogens is 236 g/mol. The largest absolute Gasteiger partial charge is 0.398 e. The number of carbonyl (C=O) groups is 1. The van der Waals surface area contributed by atoms with Crippen LogP contribution in [0.4, 0.5) is 11.4 Å². The Labute approximate surface area is 84.3 Å². The highest BCUT2D eigenvalue weighted by Crippen LogP contribution is 2.24. The number of benzene rings is 1. The molecule has 4 nitrogen and oxygen atoms in total. The van der Waals surface area contributed by atoms with E-state index in [0.29, 0.717) is 11.4 Å². The summed E-state index contributed by atoms with van der Waals surface area (Å²) in [6.45, 7) is 1.79.